The van der Waals surface area contributed by atoms with Crippen LogP contribution in [0.15, 0.2) is 48.5 Å². The molecule has 0 atom stereocenters. The first-order chi connectivity index (χ1) is 17.6. The van der Waals surface area contributed by atoms with E-state index in [0.717, 1.165) is 42.7 Å². The van der Waals surface area contributed by atoms with E-state index in [-0.39, 0.29) is 17.0 Å². The van der Waals surface area contributed by atoms with E-state index in [1.165, 1.54) is 16.8 Å². The molecule has 2 aromatic heterocycles. The van der Waals surface area contributed by atoms with Crippen molar-refractivity contribution in [3.8, 4) is 16.8 Å². The van der Waals surface area contributed by atoms with Gasteiger partial charge in [0.1, 0.15) is 5.69 Å². The minimum Gasteiger partial charge on any atom is -0.378 e. The number of halogens is 2. The molecule has 192 valence electrons. The molecule has 0 spiro atoms. The van der Waals surface area contributed by atoms with Crippen molar-refractivity contribution in [2.24, 2.45) is 0 Å². The Hall–Kier alpha value is -3.90. The highest BCUT2D eigenvalue weighted by Crippen LogP contribution is 2.33. The molecule has 5 rings (SSSR count). The quantitative estimate of drug-likeness (QED) is 0.425. The topological polar surface area (TPSA) is 106 Å². The maximum atomic E-state index is 14.0. The van der Waals surface area contributed by atoms with Crippen LogP contribution in [0.1, 0.15) is 16.2 Å². The Morgan fingerprint density at radius 2 is 1.68 bits per heavy atom. The summed E-state index contributed by atoms with van der Waals surface area (Å²) in [5.74, 6) is -3.01. The smallest absolute Gasteiger partial charge is 0.283 e. The Labute approximate surface area is 211 Å². The summed E-state index contributed by atoms with van der Waals surface area (Å²) in [4.78, 5) is 19.4. The number of sulfonamides is 1. The van der Waals surface area contributed by atoms with E-state index < -0.39 is 27.6 Å². The van der Waals surface area contributed by atoms with Gasteiger partial charge < -0.3 is 9.64 Å². The van der Waals surface area contributed by atoms with Crippen LogP contribution in [0.2, 0.25) is 0 Å². The molecule has 0 bridgehead atoms. The zero-order chi connectivity index (χ0) is 26.3. The molecule has 9 nitrogen and oxygen atoms in total. The van der Waals surface area contributed by atoms with Gasteiger partial charge in [-0.05, 0) is 48.4 Å². The lowest BCUT2D eigenvalue weighted by atomic mass is 10.0. The number of fused-ring (bicyclic) bond motifs is 1. The Kier molecular flexibility index (Phi) is 6.38. The fourth-order valence-corrected chi connectivity index (χ4v) is 4.77. The molecular weight excluding hydrogens is 504 g/mol. The van der Waals surface area contributed by atoms with Crippen molar-refractivity contribution in [1.29, 1.82) is 0 Å². The Morgan fingerprint density at radius 1 is 1.00 bits per heavy atom. The lowest BCUT2D eigenvalue weighted by molar-refractivity contribution is 0.0977. The molecule has 1 fully saturated rings. The van der Waals surface area contributed by atoms with Crippen LogP contribution in [-0.4, -0.2) is 61.6 Å². The molecule has 1 saturated heterocycles. The number of ether oxygens (including phenoxy) is 1. The SMILES string of the molecule is Cc1nn(-c2ccc(F)c(F)c2)c2nc(C(=O)NS(C)(=O)=O)cc(-c3ccc(N4CCOCC4)cc3)c12. The Bertz CT molecular complexity index is 1610. The normalized spacial score (nSPS) is 14.2. The lowest BCUT2D eigenvalue weighted by Crippen LogP contribution is -2.36. The second kappa shape index (κ2) is 9.52. The Balaban J connectivity index is 1.68. The van der Waals surface area contributed by atoms with Gasteiger partial charge in [-0.15, -0.1) is 0 Å². The summed E-state index contributed by atoms with van der Waals surface area (Å²) >= 11 is 0. The molecular formula is C25H23F2N5O4S. The second-order valence-corrected chi connectivity index (χ2v) is 10.4. The number of hydrogen-bond acceptors (Lipinski definition) is 7. The molecule has 1 aliphatic rings. The minimum absolute atomic E-state index is 0.172. The zero-order valence-electron chi connectivity index (χ0n) is 20.0. The molecule has 1 amide bonds. The van der Waals surface area contributed by atoms with Gasteiger partial charge in [0.05, 0.1) is 36.2 Å². The van der Waals surface area contributed by atoms with Crippen LogP contribution < -0.4 is 9.62 Å². The molecule has 0 radical (unpaired) electrons. The number of morpholine rings is 1. The average molecular weight is 528 g/mol. The van der Waals surface area contributed by atoms with Crippen molar-refractivity contribution in [1.82, 2.24) is 19.5 Å². The monoisotopic (exact) mass is 527 g/mol. The standard InChI is InChI=1S/C25H23F2N5O4S/c1-15-23-19(16-3-5-17(6-4-16)31-9-11-36-12-10-31)14-22(25(33)30-37(2,34)35)28-24(23)32(29-15)18-7-8-20(26)21(27)13-18/h3-8,13-14H,9-12H2,1-2H3,(H,30,33). The van der Waals surface area contributed by atoms with E-state index in [1.807, 2.05) is 29.0 Å². The molecule has 12 heteroatoms. The number of aromatic nitrogens is 3. The predicted octanol–water partition coefficient (Wildman–Crippen LogP) is 3.20. The molecule has 1 N–H and O–H groups in total. The molecule has 0 aliphatic carbocycles. The maximum Gasteiger partial charge on any atom is 0.283 e. The lowest BCUT2D eigenvalue weighted by Gasteiger charge is -2.29. The van der Waals surface area contributed by atoms with Gasteiger partial charge in [-0.1, -0.05) is 12.1 Å². The molecule has 0 unspecified atom stereocenters. The second-order valence-electron chi connectivity index (χ2n) is 8.70. The number of aryl methyl sites for hydroxylation is 1. The van der Waals surface area contributed by atoms with E-state index >= 15 is 0 Å². The van der Waals surface area contributed by atoms with Gasteiger partial charge in [0.2, 0.25) is 10.0 Å². The first-order valence-corrected chi connectivity index (χ1v) is 13.3. The summed E-state index contributed by atoms with van der Waals surface area (Å²) in [5, 5.41) is 5.06. The summed E-state index contributed by atoms with van der Waals surface area (Å²) in [5.41, 5.74) is 3.09. The Morgan fingerprint density at radius 3 is 2.32 bits per heavy atom. The van der Waals surface area contributed by atoms with E-state index in [9.17, 15) is 22.0 Å². The summed E-state index contributed by atoms with van der Waals surface area (Å²) < 4.78 is 59.7. The molecule has 0 saturated carbocycles. The summed E-state index contributed by atoms with van der Waals surface area (Å²) in [6.45, 7) is 4.58. The summed E-state index contributed by atoms with van der Waals surface area (Å²) in [6.07, 6.45) is 0.865. The van der Waals surface area contributed by atoms with E-state index in [4.69, 9.17) is 4.74 Å². The van der Waals surface area contributed by atoms with Gasteiger partial charge in [-0.3, -0.25) is 4.79 Å². The van der Waals surface area contributed by atoms with Crippen molar-refractivity contribution in [3.05, 3.63) is 71.6 Å². The van der Waals surface area contributed by atoms with Crippen LogP contribution >= 0.6 is 0 Å². The summed E-state index contributed by atoms with van der Waals surface area (Å²) in [6, 6.07) is 12.5. The van der Waals surface area contributed by atoms with Crippen molar-refractivity contribution in [2.75, 3.05) is 37.5 Å². The molecule has 1 aliphatic heterocycles. The number of carbonyl (C=O) groups excluding carboxylic acids is 1. The third-order valence-corrected chi connectivity index (χ3v) is 6.58. The average Bonchev–Trinajstić information content (AvgIpc) is 3.21. The van der Waals surface area contributed by atoms with Gasteiger partial charge in [0.25, 0.3) is 5.91 Å². The third-order valence-electron chi connectivity index (χ3n) is 6.03. The van der Waals surface area contributed by atoms with Gasteiger partial charge in [-0.25, -0.2) is 31.6 Å². The van der Waals surface area contributed by atoms with Crippen molar-refractivity contribution < 1.29 is 26.7 Å². The van der Waals surface area contributed by atoms with Gasteiger partial charge in [0.15, 0.2) is 17.3 Å². The third kappa shape index (κ3) is 5.02. The van der Waals surface area contributed by atoms with Crippen molar-refractivity contribution in [2.45, 2.75) is 6.92 Å². The number of benzene rings is 2. The van der Waals surface area contributed by atoms with Crippen LogP contribution in [0.4, 0.5) is 14.5 Å². The van der Waals surface area contributed by atoms with Crippen LogP contribution in [0, 0.1) is 18.6 Å². The van der Waals surface area contributed by atoms with Gasteiger partial charge >= 0.3 is 0 Å². The van der Waals surface area contributed by atoms with Crippen molar-refractivity contribution in [3.63, 3.8) is 0 Å². The van der Waals surface area contributed by atoms with Crippen LogP contribution in [0.3, 0.4) is 0 Å². The number of nitrogens with zero attached hydrogens (tertiary/aromatic N) is 4. The first-order valence-electron chi connectivity index (χ1n) is 11.4. The van der Waals surface area contributed by atoms with Crippen LogP contribution in [-0.2, 0) is 14.8 Å². The van der Waals surface area contributed by atoms with Gasteiger partial charge in [-0.2, -0.15) is 5.10 Å². The maximum absolute atomic E-state index is 14.0. The molecule has 37 heavy (non-hydrogen) atoms. The number of rotatable bonds is 5. The highest BCUT2D eigenvalue weighted by atomic mass is 32.2. The number of amides is 1. The predicted molar refractivity (Wildman–Crippen MR) is 134 cm³/mol. The van der Waals surface area contributed by atoms with Crippen LogP contribution in [0.5, 0.6) is 0 Å². The van der Waals surface area contributed by atoms with E-state index in [0.29, 0.717) is 29.9 Å². The number of hydrogen-bond donors (Lipinski definition) is 1. The molecule has 2 aromatic carbocycles. The van der Waals surface area contributed by atoms with Gasteiger partial charge in [0, 0.05) is 24.8 Å². The number of carbonyl (C=O) groups is 1. The molecule has 3 heterocycles. The van der Waals surface area contributed by atoms with Crippen LogP contribution in [0.25, 0.3) is 27.8 Å². The largest absolute Gasteiger partial charge is 0.378 e. The van der Waals surface area contributed by atoms with E-state index in [2.05, 4.69) is 15.0 Å². The number of nitrogens with one attached hydrogen (secondary N) is 1. The number of anilines is 1. The highest BCUT2D eigenvalue weighted by molar-refractivity contribution is 7.89. The fraction of sp³-hybridized carbons (Fsp3) is 0.240. The summed E-state index contributed by atoms with van der Waals surface area (Å²) in [7, 11) is -3.86. The molecule has 4 aromatic rings. The zero-order valence-corrected chi connectivity index (χ0v) is 20.8. The first kappa shape index (κ1) is 24.8. The fourth-order valence-electron chi connectivity index (χ4n) is 4.32. The van der Waals surface area contributed by atoms with Crippen molar-refractivity contribution >= 4 is 32.7 Å². The number of pyridine rings is 1. The highest BCUT2D eigenvalue weighted by Gasteiger charge is 2.22. The van der Waals surface area contributed by atoms with E-state index in [1.54, 1.807) is 6.92 Å². The minimum atomic E-state index is -3.86.